The molecule has 2 N–H and O–H groups in total. The van der Waals surface area contributed by atoms with Crippen LogP contribution < -0.4 is 10.1 Å². The van der Waals surface area contributed by atoms with Crippen molar-refractivity contribution >= 4 is 22.6 Å². The first-order chi connectivity index (χ1) is 13.1. The number of carboxylic acid groups (broad SMARTS) is 1. The van der Waals surface area contributed by atoms with Crippen molar-refractivity contribution < 1.29 is 19.4 Å². The molecule has 2 unspecified atom stereocenters. The molecule has 2 aromatic carbocycles. The molecule has 1 saturated carbocycles. The van der Waals surface area contributed by atoms with Gasteiger partial charge in [0, 0.05) is 12.1 Å². The van der Waals surface area contributed by atoms with Gasteiger partial charge in [0.25, 0.3) is 0 Å². The van der Waals surface area contributed by atoms with E-state index in [1.807, 2.05) is 36.4 Å². The van der Waals surface area contributed by atoms with Crippen molar-refractivity contribution in [3.63, 3.8) is 0 Å². The maximum Gasteiger partial charge on any atom is 0.307 e. The van der Waals surface area contributed by atoms with E-state index in [0.717, 1.165) is 41.3 Å². The monoisotopic (exact) mass is 369 g/mol. The van der Waals surface area contributed by atoms with Crippen molar-refractivity contribution in [2.75, 3.05) is 6.61 Å². The second-order valence-electron chi connectivity index (χ2n) is 7.17. The number of rotatable bonds is 7. The van der Waals surface area contributed by atoms with Crippen molar-refractivity contribution in [3.8, 4) is 5.75 Å². The largest absolute Gasteiger partial charge is 0.493 e. The minimum atomic E-state index is -0.869. The van der Waals surface area contributed by atoms with Crippen molar-refractivity contribution in [2.45, 2.75) is 45.6 Å². The number of amides is 1. The average molecular weight is 369 g/mol. The number of aliphatic carboxylic acids is 1. The molecule has 0 bridgehead atoms. The molecule has 2 aromatic rings. The highest BCUT2D eigenvalue weighted by Gasteiger charge is 2.35. The van der Waals surface area contributed by atoms with E-state index in [2.05, 4.69) is 12.2 Å². The first-order valence-electron chi connectivity index (χ1n) is 9.75. The highest BCUT2D eigenvalue weighted by molar-refractivity contribution is 5.89. The first-order valence-corrected chi connectivity index (χ1v) is 9.75. The van der Waals surface area contributed by atoms with Gasteiger partial charge in [-0.2, -0.15) is 0 Å². The number of carbonyl (C=O) groups is 2. The van der Waals surface area contributed by atoms with E-state index in [1.54, 1.807) is 0 Å². The summed E-state index contributed by atoms with van der Waals surface area (Å²) in [5, 5.41) is 14.5. The zero-order valence-corrected chi connectivity index (χ0v) is 15.7. The Balaban J connectivity index is 1.80. The molecule has 0 heterocycles. The number of carboxylic acids is 1. The third-order valence-electron chi connectivity index (χ3n) is 5.32. The summed E-state index contributed by atoms with van der Waals surface area (Å²) in [7, 11) is 0. The summed E-state index contributed by atoms with van der Waals surface area (Å²) >= 11 is 0. The van der Waals surface area contributed by atoms with Gasteiger partial charge in [0.1, 0.15) is 5.75 Å². The standard InChI is InChI=1S/C22H27NO4/c1-2-13-27-20-12-11-15-7-3-4-8-16(15)19(20)14-23-21(24)17-9-5-6-10-18(17)22(25)26/h3-4,7-8,11-12,17-18H,2,5-6,9-10,13-14H2,1H3,(H,23,24)(H,25,26). The molecule has 0 spiro atoms. The lowest BCUT2D eigenvalue weighted by molar-refractivity contribution is -0.148. The number of nitrogens with one attached hydrogen (secondary N) is 1. The molecule has 1 aliphatic rings. The lowest BCUT2D eigenvalue weighted by Crippen LogP contribution is -2.39. The Labute approximate surface area is 159 Å². The van der Waals surface area contributed by atoms with Gasteiger partial charge in [-0.05, 0) is 36.1 Å². The third kappa shape index (κ3) is 4.41. The Hall–Kier alpha value is -2.56. The van der Waals surface area contributed by atoms with Crippen LogP contribution in [0.1, 0.15) is 44.6 Å². The minimum absolute atomic E-state index is 0.170. The summed E-state index contributed by atoms with van der Waals surface area (Å²) in [6.45, 7) is 3.00. The fraction of sp³-hybridized carbons (Fsp3) is 0.455. The second kappa shape index (κ2) is 8.89. The first kappa shape index (κ1) is 19.2. The zero-order valence-electron chi connectivity index (χ0n) is 15.7. The molecule has 1 amide bonds. The van der Waals surface area contributed by atoms with E-state index in [4.69, 9.17) is 4.74 Å². The lowest BCUT2D eigenvalue weighted by atomic mass is 9.78. The van der Waals surface area contributed by atoms with Crippen molar-refractivity contribution in [1.29, 1.82) is 0 Å². The second-order valence-corrected chi connectivity index (χ2v) is 7.17. The van der Waals surface area contributed by atoms with Crippen LogP contribution in [-0.2, 0) is 16.1 Å². The topological polar surface area (TPSA) is 75.6 Å². The fourth-order valence-corrected chi connectivity index (χ4v) is 3.89. The summed E-state index contributed by atoms with van der Waals surface area (Å²) in [5.74, 6) is -1.30. The molecule has 144 valence electrons. The minimum Gasteiger partial charge on any atom is -0.493 e. The number of benzene rings is 2. The molecule has 5 nitrogen and oxygen atoms in total. The van der Waals surface area contributed by atoms with Gasteiger partial charge in [0.05, 0.1) is 18.4 Å². The molecule has 0 radical (unpaired) electrons. The molecule has 5 heteroatoms. The predicted molar refractivity (Wildman–Crippen MR) is 105 cm³/mol. The molecular weight excluding hydrogens is 342 g/mol. The third-order valence-corrected chi connectivity index (χ3v) is 5.32. The highest BCUT2D eigenvalue weighted by Crippen LogP contribution is 2.32. The van der Waals surface area contributed by atoms with Crippen LogP contribution in [0.15, 0.2) is 36.4 Å². The molecular formula is C22H27NO4. The van der Waals surface area contributed by atoms with Gasteiger partial charge < -0.3 is 15.2 Å². The summed E-state index contributed by atoms with van der Waals surface area (Å²) in [6, 6.07) is 12.0. The van der Waals surface area contributed by atoms with Crippen LogP contribution in [-0.4, -0.2) is 23.6 Å². The van der Waals surface area contributed by atoms with Gasteiger partial charge >= 0.3 is 5.97 Å². The van der Waals surface area contributed by atoms with E-state index in [-0.39, 0.29) is 5.91 Å². The van der Waals surface area contributed by atoms with Gasteiger partial charge in [-0.15, -0.1) is 0 Å². The summed E-state index contributed by atoms with van der Waals surface area (Å²) < 4.78 is 5.89. The normalized spacial score (nSPS) is 19.6. The van der Waals surface area contributed by atoms with Crippen LogP contribution in [0, 0.1) is 11.8 Å². The van der Waals surface area contributed by atoms with E-state index in [9.17, 15) is 14.7 Å². The maximum atomic E-state index is 12.7. The molecule has 0 aromatic heterocycles. The predicted octanol–water partition coefficient (Wildman–Crippen LogP) is 4.14. The van der Waals surface area contributed by atoms with Gasteiger partial charge in [-0.25, -0.2) is 0 Å². The summed E-state index contributed by atoms with van der Waals surface area (Å²) in [6.07, 6.45) is 3.89. The molecule has 0 aliphatic heterocycles. The summed E-state index contributed by atoms with van der Waals surface area (Å²) in [5.41, 5.74) is 0.942. The Kier molecular flexibility index (Phi) is 6.32. The van der Waals surface area contributed by atoms with Gasteiger partial charge in [-0.3, -0.25) is 9.59 Å². The van der Waals surface area contributed by atoms with Crippen LogP contribution in [0.3, 0.4) is 0 Å². The van der Waals surface area contributed by atoms with E-state index in [1.165, 1.54) is 0 Å². The Bertz CT molecular complexity index is 817. The highest BCUT2D eigenvalue weighted by atomic mass is 16.5. The number of hydrogen-bond donors (Lipinski definition) is 2. The summed E-state index contributed by atoms with van der Waals surface area (Å²) in [4.78, 5) is 24.2. The number of carbonyl (C=O) groups excluding carboxylic acids is 1. The average Bonchev–Trinajstić information content (AvgIpc) is 2.70. The Morgan fingerprint density at radius 1 is 1.11 bits per heavy atom. The van der Waals surface area contributed by atoms with Crippen molar-refractivity contribution in [3.05, 3.63) is 42.0 Å². The number of hydrogen-bond acceptors (Lipinski definition) is 3. The number of fused-ring (bicyclic) bond motifs is 1. The molecule has 2 atom stereocenters. The van der Waals surface area contributed by atoms with Crippen molar-refractivity contribution in [1.82, 2.24) is 5.32 Å². The number of ether oxygens (including phenoxy) is 1. The van der Waals surface area contributed by atoms with Crippen LogP contribution >= 0.6 is 0 Å². The lowest BCUT2D eigenvalue weighted by Gasteiger charge is -2.27. The van der Waals surface area contributed by atoms with E-state index < -0.39 is 17.8 Å². The Morgan fingerprint density at radius 2 is 1.85 bits per heavy atom. The van der Waals surface area contributed by atoms with Crippen molar-refractivity contribution in [2.24, 2.45) is 11.8 Å². The molecule has 3 rings (SSSR count). The molecule has 0 saturated heterocycles. The van der Waals surface area contributed by atoms with Gasteiger partial charge in [0.2, 0.25) is 5.91 Å². The van der Waals surface area contributed by atoms with Crippen LogP contribution in [0.5, 0.6) is 5.75 Å². The molecule has 27 heavy (non-hydrogen) atoms. The van der Waals surface area contributed by atoms with Gasteiger partial charge in [0.15, 0.2) is 0 Å². The molecule has 1 aliphatic carbocycles. The van der Waals surface area contributed by atoms with Crippen LogP contribution in [0.2, 0.25) is 0 Å². The zero-order chi connectivity index (χ0) is 19.2. The smallest absolute Gasteiger partial charge is 0.307 e. The molecule has 1 fully saturated rings. The fourth-order valence-electron chi connectivity index (χ4n) is 3.89. The SMILES string of the molecule is CCCOc1ccc2ccccc2c1CNC(=O)C1CCCCC1C(=O)O. The van der Waals surface area contributed by atoms with E-state index in [0.29, 0.717) is 26.0 Å². The Morgan fingerprint density at radius 3 is 2.59 bits per heavy atom. The maximum absolute atomic E-state index is 12.7. The van der Waals surface area contributed by atoms with Crippen LogP contribution in [0.25, 0.3) is 10.8 Å². The quantitative estimate of drug-likeness (QED) is 0.769. The van der Waals surface area contributed by atoms with Gasteiger partial charge in [-0.1, -0.05) is 50.1 Å². The van der Waals surface area contributed by atoms with E-state index >= 15 is 0 Å². The van der Waals surface area contributed by atoms with Crippen LogP contribution in [0.4, 0.5) is 0 Å².